The minimum Gasteiger partial charge on any atom is -0.497 e. The number of benzene rings is 3. The fourth-order valence-electron chi connectivity index (χ4n) is 3.55. The largest absolute Gasteiger partial charge is 0.497 e. The van der Waals surface area contributed by atoms with Crippen molar-refractivity contribution in [2.75, 3.05) is 12.4 Å². The van der Waals surface area contributed by atoms with Crippen molar-refractivity contribution in [3.63, 3.8) is 0 Å². The average Bonchev–Trinajstić information content (AvgIpc) is 3.27. The molecule has 0 fully saturated rings. The van der Waals surface area contributed by atoms with Crippen LogP contribution in [0.15, 0.2) is 72.8 Å². The van der Waals surface area contributed by atoms with Gasteiger partial charge in [0.25, 0.3) is 5.91 Å². The predicted octanol–water partition coefficient (Wildman–Crippen LogP) is 5.86. The molecule has 1 aromatic heterocycles. The smallest absolute Gasteiger partial charge is 0.281 e. The normalized spacial score (nSPS) is 11.3. The van der Waals surface area contributed by atoms with E-state index in [0.29, 0.717) is 23.9 Å². The molecule has 34 heavy (non-hydrogen) atoms. The fraction of sp³-hybridized carbons (Fsp3) is 0.250. The summed E-state index contributed by atoms with van der Waals surface area (Å²) in [5.74, 6) is 1.46. The van der Waals surface area contributed by atoms with Crippen molar-refractivity contribution >= 4 is 11.9 Å². The number of anilines is 1. The number of aromatic nitrogens is 3. The Balaban J connectivity index is 1.65. The second-order valence-electron chi connectivity index (χ2n) is 9.37. The minimum absolute atomic E-state index is 0.0124. The van der Waals surface area contributed by atoms with Crippen LogP contribution in [0.1, 0.15) is 47.8 Å². The van der Waals surface area contributed by atoms with Gasteiger partial charge < -0.3 is 10.1 Å². The van der Waals surface area contributed by atoms with E-state index in [4.69, 9.17) is 4.74 Å². The number of rotatable bonds is 6. The molecule has 0 spiro atoms. The molecule has 0 saturated heterocycles. The Labute approximate surface area is 200 Å². The number of aryl methyl sites for hydroxylation is 1. The van der Waals surface area contributed by atoms with E-state index in [1.807, 2.05) is 79.7 Å². The number of hydrogen-bond donors (Lipinski definition) is 1. The van der Waals surface area contributed by atoms with Gasteiger partial charge in [-0.05, 0) is 47.7 Å². The molecule has 0 saturated carbocycles. The molecule has 0 atom stereocenters. The summed E-state index contributed by atoms with van der Waals surface area (Å²) in [6, 6.07) is 23.4. The third-order valence-electron chi connectivity index (χ3n) is 5.72. The van der Waals surface area contributed by atoms with Crippen molar-refractivity contribution in [1.29, 1.82) is 0 Å². The molecule has 174 valence electrons. The van der Waals surface area contributed by atoms with Crippen molar-refractivity contribution in [3.8, 4) is 17.1 Å². The number of nitrogens with zero attached hydrogens (tertiary/aromatic N) is 3. The monoisotopic (exact) mass is 454 g/mol. The van der Waals surface area contributed by atoms with Crippen LogP contribution < -0.4 is 10.1 Å². The first-order valence-electron chi connectivity index (χ1n) is 11.3. The summed E-state index contributed by atoms with van der Waals surface area (Å²) in [5, 5.41) is 7.85. The van der Waals surface area contributed by atoms with E-state index >= 15 is 0 Å². The first-order valence-corrected chi connectivity index (χ1v) is 11.3. The van der Waals surface area contributed by atoms with Gasteiger partial charge in [-0.25, -0.2) is 0 Å². The van der Waals surface area contributed by atoms with E-state index in [2.05, 4.69) is 36.2 Å². The lowest BCUT2D eigenvalue weighted by Gasteiger charge is -2.19. The highest BCUT2D eigenvalue weighted by Crippen LogP contribution is 2.24. The van der Waals surface area contributed by atoms with Crippen LogP contribution in [0, 0.1) is 6.92 Å². The Hall–Kier alpha value is -3.93. The molecule has 0 aliphatic heterocycles. The summed E-state index contributed by atoms with van der Waals surface area (Å²) in [6.45, 7) is 8.97. The van der Waals surface area contributed by atoms with Gasteiger partial charge in [0.15, 0.2) is 5.82 Å². The first kappa shape index (κ1) is 23.2. The van der Waals surface area contributed by atoms with E-state index in [9.17, 15) is 4.79 Å². The summed E-state index contributed by atoms with van der Waals surface area (Å²) >= 11 is 0. The molecule has 0 aliphatic carbocycles. The van der Waals surface area contributed by atoms with Crippen LogP contribution in [0.5, 0.6) is 5.75 Å². The lowest BCUT2D eigenvalue weighted by molar-refractivity contribution is 0.0947. The number of hydrogen-bond acceptors (Lipinski definition) is 5. The van der Waals surface area contributed by atoms with Gasteiger partial charge in [0.2, 0.25) is 5.95 Å². The molecule has 0 amide bonds. The van der Waals surface area contributed by atoms with Crippen LogP contribution in [0.2, 0.25) is 0 Å². The summed E-state index contributed by atoms with van der Waals surface area (Å²) in [4.78, 5) is 18.1. The number of carbonyl (C=O) groups is 1. The Morgan fingerprint density at radius 2 is 1.59 bits per heavy atom. The van der Waals surface area contributed by atoms with E-state index in [0.717, 1.165) is 22.4 Å². The zero-order valence-corrected chi connectivity index (χ0v) is 20.3. The quantitative estimate of drug-likeness (QED) is 0.395. The third-order valence-corrected chi connectivity index (χ3v) is 5.72. The van der Waals surface area contributed by atoms with Gasteiger partial charge in [-0.2, -0.15) is 9.67 Å². The highest BCUT2D eigenvalue weighted by Gasteiger charge is 2.20. The van der Waals surface area contributed by atoms with E-state index in [1.54, 1.807) is 7.11 Å². The first-order chi connectivity index (χ1) is 16.2. The van der Waals surface area contributed by atoms with Gasteiger partial charge in [0.1, 0.15) is 5.75 Å². The molecule has 3 aromatic carbocycles. The van der Waals surface area contributed by atoms with E-state index < -0.39 is 0 Å². The van der Waals surface area contributed by atoms with Gasteiger partial charge >= 0.3 is 0 Å². The second kappa shape index (κ2) is 9.51. The summed E-state index contributed by atoms with van der Waals surface area (Å²) in [7, 11) is 1.64. The zero-order chi connectivity index (χ0) is 24.3. The van der Waals surface area contributed by atoms with Crippen molar-refractivity contribution in [1.82, 2.24) is 14.8 Å². The molecular weight excluding hydrogens is 424 g/mol. The highest BCUT2D eigenvalue weighted by atomic mass is 16.5. The predicted molar refractivity (Wildman–Crippen MR) is 135 cm³/mol. The maximum absolute atomic E-state index is 13.4. The summed E-state index contributed by atoms with van der Waals surface area (Å²) < 4.78 is 6.58. The molecule has 0 aliphatic rings. The second-order valence-corrected chi connectivity index (χ2v) is 9.37. The fourth-order valence-corrected chi connectivity index (χ4v) is 3.55. The minimum atomic E-state index is -0.233. The van der Waals surface area contributed by atoms with Crippen LogP contribution in [-0.4, -0.2) is 27.8 Å². The molecule has 0 bridgehead atoms. The van der Waals surface area contributed by atoms with Crippen molar-refractivity contribution in [3.05, 3.63) is 95.1 Å². The van der Waals surface area contributed by atoms with Gasteiger partial charge in [0.05, 0.1) is 7.11 Å². The lowest BCUT2D eigenvalue weighted by Crippen LogP contribution is -2.18. The summed E-state index contributed by atoms with van der Waals surface area (Å²) in [6.07, 6.45) is 0. The van der Waals surface area contributed by atoms with Crippen molar-refractivity contribution < 1.29 is 9.53 Å². The third kappa shape index (κ3) is 5.17. The molecule has 0 unspecified atom stereocenters. The molecule has 6 heteroatoms. The van der Waals surface area contributed by atoms with Gasteiger partial charge in [0, 0.05) is 17.7 Å². The van der Waals surface area contributed by atoms with Crippen LogP contribution in [-0.2, 0) is 12.0 Å². The summed E-state index contributed by atoms with van der Waals surface area (Å²) in [5.41, 5.74) is 4.78. The van der Waals surface area contributed by atoms with Crippen molar-refractivity contribution in [2.45, 2.75) is 39.7 Å². The zero-order valence-electron chi connectivity index (χ0n) is 20.3. The maximum atomic E-state index is 13.4. The molecule has 0 radical (unpaired) electrons. The van der Waals surface area contributed by atoms with Crippen LogP contribution in [0.25, 0.3) is 11.4 Å². The standard InChI is InChI=1S/C28H30N4O2/c1-19-6-10-21(11-7-19)25-30-27(29-18-20-8-16-24(34-5)17-9-20)32(31-25)26(33)22-12-14-23(15-13-22)28(2,3)4/h6-17H,18H2,1-5H3,(H,29,30,31). The van der Waals surface area contributed by atoms with Gasteiger partial charge in [-0.1, -0.05) is 74.9 Å². The highest BCUT2D eigenvalue weighted by molar-refractivity contribution is 5.97. The molecule has 4 aromatic rings. The number of carbonyl (C=O) groups excluding carboxylic acids is 1. The number of ether oxygens (including phenoxy) is 1. The SMILES string of the molecule is COc1ccc(CNc2nc(-c3ccc(C)cc3)nn2C(=O)c2ccc(C(C)(C)C)cc2)cc1. The maximum Gasteiger partial charge on any atom is 0.281 e. The Bertz CT molecular complexity index is 1270. The molecule has 6 nitrogen and oxygen atoms in total. The number of methoxy groups -OCH3 is 1. The topological polar surface area (TPSA) is 69.0 Å². The van der Waals surface area contributed by atoms with Crippen LogP contribution in [0.4, 0.5) is 5.95 Å². The van der Waals surface area contributed by atoms with Gasteiger partial charge in [-0.15, -0.1) is 5.10 Å². The van der Waals surface area contributed by atoms with Gasteiger partial charge in [-0.3, -0.25) is 4.79 Å². The molecule has 1 heterocycles. The van der Waals surface area contributed by atoms with Crippen LogP contribution in [0.3, 0.4) is 0 Å². The average molecular weight is 455 g/mol. The van der Waals surface area contributed by atoms with E-state index in [-0.39, 0.29) is 11.3 Å². The Morgan fingerprint density at radius 3 is 2.18 bits per heavy atom. The number of nitrogens with one attached hydrogen (secondary N) is 1. The van der Waals surface area contributed by atoms with Crippen LogP contribution >= 0.6 is 0 Å². The van der Waals surface area contributed by atoms with E-state index in [1.165, 1.54) is 10.2 Å². The molecule has 4 rings (SSSR count). The Kier molecular flexibility index (Phi) is 6.50. The lowest BCUT2D eigenvalue weighted by atomic mass is 9.87. The molecule has 1 N–H and O–H groups in total. The molecular formula is C28H30N4O2. The Morgan fingerprint density at radius 1 is 0.941 bits per heavy atom. The van der Waals surface area contributed by atoms with Crippen molar-refractivity contribution in [2.24, 2.45) is 0 Å².